The lowest BCUT2D eigenvalue weighted by atomic mass is 10.1. The van der Waals surface area contributed by atoms with Gasteiger partial charge in [0.05, 0.1) is 30.1 Å². The fraction of sp³-hybridized carbons (Fsp3) is 0.143. The van der Waals surface area contributed by atoms with Crippen LogP contribution in [0.5, 0.6) is 0 Å². The molecule has 1 atom stereocenters. The molecule has 144 valence electrons. The van der Waals surface area contributed by atoms with E-state index in [2.05, 4.69) is 16.0 Å². The molecule has 2 aromatic carbocycles. The summed E-state index contributed by atoms with van der Waals surface area (Å²) < 4.78 is 18.3. The Kier molecular flexibility index (Phi) is 6.18. The van der Waals surface area contributed by atoms with Gasteiger partial charge in [-0.2, -0.15) is 0 Å². The molecule has 0 aliphatic carbocycles. The van der Waals surface area contributed by atoms with Crippen LogP contribution >= 0.6 is 0 Å². The summed E-state index contributed by atoms with van der Waals surface area (Å²) in [5, 5.41) is 8.47. The molecule has 28 heavy (non-hydrogen) atoms. The molecule has 0 fully saturated rings. The van der Waals surface area contributed by atoms with Crippen molar-refractivity contribution < 1.29 is 18.4 Å². The third kappa shape index (κ3) is 5.05. The smallest absolute Gasteiger partial charge is 0.257 e. The van der Waals surface area contributed by atoms with E-state index in [4.69, 9.17) is 4.42 Å². The standard InChI is InChI=1S/C21H20FN3O3/c1-14(19-7-4-12-28-19)23-13-20(26)25-18-6-3-2-5-17(18)21(27)24-16-10-8-15(22)9-11-16/h2-12,14,23H,13H2,1H3,(H,24,27)(H,25,26)/t14-/m1/s1. The van der Waals surface area contributed by atoms with Crippen LogP contribution in [0.4, 0.5) is 15.8 Å². The molecule has 0 saturated carbocycles. The van der Waals surface area contributed by atoms with Gasteiger partial charge in [-0.1, -0.05) is 12.1 Å². The van der Waals surface area contributed by atoms with Gasteiger partial charge in [0.2, 0.25) is 5.91 Å². The number of carbonyl (C=O) groups excluding carboxylic acids is 2. The van der Waals surface area contributed by atoms with Crippen LogP contribution < -0.4 is 16.0 Å². The Labute approximate surface area is 161 Å². The highest BCUT2D eigenvalue weighted by Crippen LogP contribution is 2.18. The van der Waals surface area contributed by atoms with Crippen LogP contribution in [0, 0.1) is 5.82 Å². The van der Waals surface area contributed by atoms with Crippen LogP contribution in [0.2, 0.25) is 0 Å². The summed E-state index contributed by atoms with van der Waals surface area (Å²) in [6.45, 7) is 1.94. The molecule has 3 aromatic rings. The zero-order valence-corrected chi connectivity index (χ0v) is 15.2. The number of halogens is 1. The third-order valence-corrected chi connectivity index (χ3v) is 4.09. The van der Waals surface area contributed by atoms with Crippen LogP contribution in [0.1, 0.15) is 29.1 Å². The summed E-state index contributed by atoms with van der Waals surface area (Å²) in [6, 6.07) is 15.6. The van der Waals surface area contributed by atoms with Crippen molar-refractivity contribution in [3.63, 3.8) is 0 Å². The van der Waals surface area contributed by atoms with Gasteiger partial charge in [-0.25, -0.2) is 4.39 Å². The SMILES string of the molecule is C[C@@H](NCC(=O)Nc1ccccc1C(=O)Nc1ccc(F)cc1)c1ccco1. The molecular formula is C21H20FN3O3. The Balaban J connectivity index is 1.62. The van der Waals surface area contributed by atoms with Crippen molar-refractivity contribution in [2.45, 2.75) is 13.0 Å². The number of para-hydroxylation sites is 1. The van der Waals surface area contributed by atoms with Gasteiger partial charge in [0.1, 0.15) is 11.6 Å². The molecule has 7 heteroatoms. The predicted molar refractivity (Wildman–Crippen MR) is 105 cm³/mol. The van der Waals surface area contributed by atoms with Gasteiger partial charge < -0.3 is 15.1 Å². The van der Waals surface area contributed by atoms with Gasteiger partial charge in [0.25, 0.3) is 5.91 Å². The molecule has 6 nitrogen and oxygen atoms in total. The quantitative estimate of drug-likeness (QED) is 0.578. The van der Waals surface area contributed by atoms with Crippen LogP contribution in [0.15, 0.2) is 71.3 Å². The molecule has 0 aliphatic heterocycles. The number of anilines is 2. The number of hydrogen-bond donors (Lipinski definition) is 3. The van der Waals surface area contributed by atoms with E-state index in [-0.39, 0.29) is 24.3 Å². The van der Waals surface area contributed by atoms with E-state index in [1.165, 1.54) is 24.3 Å². The highest BCUT2D eigenvalue weighted by Gasteiger charge is 2.15. The molecule has 0 bridgehead atoms. The summed E-state index contributed by atoms with van der Waals surface area (Å²) in [5.74, 6) is -0.353. The Bertz CT molecular complexity index is 940. The van der Waals surface area contributed by atoms with E-state index in [1.807, 2.05) is 13.0 Å². The van der Waals surface area contributed by atoms with E-state index in [0.29, 0.717) is 16.9 Å². The molecule has 0 unspecified atom stereocenters. The second kappa shape index (κ2) is 8.96. The average molecular weight is 381 g/mol. The van der Waals surface area contributed by atoms with E-state index >= 15 is 0 Å². The number of hydrogen-bond acceptors (Lipinski definition) is 4. The molecule has 1 heterocycles. The van der Waals surface area contributed by atoms with Crippen molar-refractivity contribution in [3.8, 4) is 0 Å². The van der Waals surface area contributed by atoms with Crippen LogP contribution in [-0.2, 0) is 4.79 Å². The molecule has 3 rings (SSSR count). The summed E-state index contributed by atoms with van der Waals surface area (Å²) in [4.78, 5) is 24.8. The van der Waals surface area contributed by atoms with Crippen molar-refractivity contribution in [2.75, 3.05) is 17.2 Å². The van der Waals surface area contributed by atoms with Crippen molar-refractivity contribution >= 4 is 23.2 Å². The number of amides is 2. The number of benzene rings is 2. The Hall–Kier alpha value is -3.45. The minimum Gasteiger partial charge on any atom is -0.468 e. The lowest BCUT2D eigenvalue weighted by Crippen LogP contribution is -2.30. The summed E-state index contributed by atoms with van der Waals surface area (Å²) in [6.07, 6.45) is 1.57. The summed E-state index contributed by atoms with van der Waals surface area (Å²) >= 11 is 0. The number of carbonyl (C=O) groups is 2. The zero-order chi connectivity index (χ0) is 19.9. The summed E-state index contributed by atoms with van der Waals surface area (Å²) in [7, 11) is 0. The maximum absolute atomic E-state index is 13.0. The number of nitrogens with one attached hydrogen (secondary N) is 3. The Morgan fingerprint density at radius 1 is 1.00 bits per heavy atom. The van der Waals surface area contributed by atoms with Crippen molar-refractivity contribution in [1.82, 2.24) is 5.32 Å². The lowest BCUT2D eigenvalue weighted by Gasteiger charge is -2.14. The zero-order valence-electron chi connectivity index (χ0n) is 15.2. The van der Waals surface area contributed by atoms with E-state index in [9.17, 15) is 14.0 Å². The second-order valence-corrected chi connectivity index (χ2v) is 6.17. The fourth-order valence-corrected chi connectivity index (χ4v) is 2.60. The van der Waals surface area contributed by atoms with Gasteiger partial charge in [0, 0.05) is 5.69 Å². The van der Waals surface area contributed by atoms with Crippen LogP contribution in [0.3, 0.4) is 0 Å². The maximum atomic E-state index is 13.0. The van der Waals surface area contributed by atoms with Crippen molar-refractivity contribution in [2.24, 2.45) is 0 Å². The van der Waals surface area contributed by atoms with E-state index in [0.717, 1.165) is 5.76 Å². The third-order valence-electron chi connectivity index (χ3n) is 4.09. The van der Waals surface area contributed by atoms with Crippen molar-refractivity contribution in [1.29, 1.82) is 0 Å². The molecule has 1 aromatic heterocycles. The molecule has 0 radical (unpaired) electrons. The maximum Gasteiger partial charge on any atom is 0.257 e. The highest BCUT2D eigenvalue weighted by atomic mass is 19.1. The van der Waals surface area contributed by atoms with E-state index < -0.39 is 5.91 Å². The van der Waals surface area contributed by atoms with Gasteiger partial charge in [-0.3, -0.25) is 14.9 Å². The van der Waals surface area contributed by atoms with Crippen LogP contribution in [-0.4, -0.2) is 18.4 Å². The molecule has 2 amide bonds. The minimum absolute atomic E-state index is 0.0514. The van der Waals surface area contributed by atoms with Gasteiger partial charge in [-0.05, 0) is 55.5 Å². The Morgan fingerprint density at radius 2 is 1.75 bits per heavy atom. The lowest BCUT2D eigenvalue weighted by molar-refractivity contribution is -0.115. The van der Waals surface area contributed by atoms with E-state index in [1.54, 1.807) is 36.6 Å². The first-order valence-electron chi connectivity index (χ1n) is 8.75. The molecular weight excluding hydrogens is 361 g/mol. The van der Waals surface area contributed by atoms with Gasteiger partial charge in [-0.15, -0.1) is 0 Å². The second-order valence-electron chi connectivity index (χ2n) is 6.17. The largest absolute Gasteiger partial charge is 0.468 e. The van der Waals surface area contributed by atoms with Crippen LogP contribution in [0.25, 0.3) is 0 Å². The number of furan rings is 1. The number of rotatable bonds is 7. The normalized spacial score (nSPS) is 11.6. The molecule has 0 spiro atoms. The predicted octanol–water partition coefficient (Wildman–Crippen LogP) is 3.96. The fourth-order valence-electron chi connectivity index (χ4n) is 2.60. The molecule has 0 saturated heterocycles. The minimum atomic E-state index is -0.403. The monoisotopic (exact) mass is 381 g/mol. The van der Waals surface area contributed by atoms with Gasteiger partial charge >= 0.3 is 0 Å². The molecule has 0 aliphatic rings. The summed E-state index contributed by atoms with van der Waals surface area (Å²) in [5.41, 5.74) is 1.15. The average Bonchev–Trinajstić information content (AvgIpc) is 3.23. The van der Waals surface area contributed by atoms with Crippen molar-refractivity contribution in [3.05, 3.63) is 84.1 Å². The molecule has 3 N–H and O–H groups in total. The first-order valence-corrected chi connectivity index (χ1v) is 8.75. The first kappa shape index (κ1) is 19.3. The topological polar surface area (TPSA) is 83.4 Å². The Morgan fingerprint density at radius 3 is 2.46 bits per heavy atom. The first-order chi connectivity index (χ1) is 13.5. The highest BCUT2D eigenvalue weighted by molar-refractivity contribution is 6.10. The van der Waals surface area contributed by atoms with Gasteiger partial charge in [0.15, 0.2) is 0 Å².